The van der Waals surface area contributed by atoms with Crippen LogP contribution in [0, 0.1) is 17.8 Å². The highest BCUT2D eigenvalue weighted by Gasteiger charge is 2.26. The van der Waals surface area contributed by atoms with Gasteiger partial charge in [0.1, 0.15) is 0 Å². The summed E-state index contributed by atoms with van der Waals surface area (Å²) in [6, 6.07) is 0.469. The Hall–Kier alpha value is -0.0400. The Labute approximate surface area is 70.4 Å². The molecule has 0 bridgehead atoms. The topological polar surface area (TPSA) is 26.0 Å². The first-order valence-corrected chi connectivity index (χ1v) is 4.87. The lowest BCUT2D eigenvalue weighted by atomic mass is 9.75. The van der Waals surface area contributed by atoms with E-state index >= 15 is 0 Å². The van der Waals surface area contributed by atoms with Crippen molar-refractivity contribution < 1.29 is 0 Å². The zero-order valence-corrected chi connectivity index (χ0v) is 8.01. The van der Waals surface area contributed by atoms with Crippen molar-refractivity contribution in [2.75, 3.05) is 0 Å². The van der Waals surface area contributed by atoms with Gasteiger partial charge in [-0.1, -0.05) is 20.8 Å². The standard InChI is InChI=1S/C10H21N/c1-7(2)9-5-4-8(3)10(11)6-9/h7-10H,4-6,11H2,1-3H3/t8-,9-,10+/m0/s1. The molecule has 3 atom stereocenters. The Balaban J connectivity index is 2.40. The molecule has 0 heterocycles. The van der Waals surface area contributed by atoms with Gasteiger partial charge in [0.05, 0.1) is 0 Å². The average Bonchev–Trinajstić information content (AvgIpc) is 1.94. The molecule has 0 radical (unpaired) electrons. The summed E-state index contributed by atoms with van der Waals surface area (Å²) < 4.78 is 0. The van der Waals surface area contributed by atoms with E-state index in [4.69, 9.17) is 5.73 Å². The molecule has 0 saturated heterocycles. The third-order valence-electron chi connectivity index (χ3n) is 3.24. The van der Waals surface area contributed by atoms with E-state index in [0.717, 1.165) is 17.8 Å². The van der Waals surface area contributed by atoms with Gasteiger partial charge in [-0.25, -0.2) is 0 Å². The molecule has 66 valence electrons. The Bertz CT molecular complexity index is 120. The molecule has 1 heteroatoms. The third kappa shape index (κ3) is 2.19. The molecule has 1 aliphatic rings. The van der Waals surface area contributed by atoms with Crippen LogP contribution in [-0.4, -0.2) is 6.04 Å². The minimum Gasteiger partial charge on any atom is -0.327 e. The normalized spacial score (nSPS) is 39.5. The third-order valence-corrected chi connectivity index (χ3v) is 3.24. The minimum absolute atomic E-state index is 0.469. The molecule has 0 spiro atoms. The summed E-state index contributed by atoms with van der Waals surface area (Å²) in [6.45, 7) is 6.90. The van der Waals surface area contributed by atoms with Gasteiger partial charge >= 0.3 is 0 Å². The molecule has 0 aromatic heterocycles. The second kappa shape index (κ2) is 3.57. The van der Waals surface area contributed by atoms with E-state index in [0.29, 0.717) is 6.04 Å². The smallest absolute Gasteiger partial charge is 0.00672 e. The van der Waals surface area contributed by atoms with Crippen LogP contribution >= 0.6 is 0 Å². The minimum atomic E-state index is 0.469. The van der Waals surface area contributed by atoms with Gasteiger partial charge in [-0.2, -0.15) is 0 Å². The summed E-state index contributed by atoms with van der Waals surface area (Å²) in [4.78, 5) is 0. The molecule has 0 amide bonds. The van der Waals surface area contributed by atoms with Crippen LogP contribution in [0.4, 0.5) is 0 Å². The molecule has 0 unspecified atom stereocenters. The first-order valence-electron chi connectivity index (χ1n) is 4.87. The molecule has 1 rings (SSSR count). The highest BCUT2D eigenvalue weighted by molar-refractivity contribution is 4.81. The average molecular weight is 155 g/mol. The SMILES string of the molecule is CC(C)[C@H]1CC[C@H](C)[C@H](N)C1. The van der Waals surface area contributed by atoms with Crippen LogP contribution in [0.5, 0.6) is 0 Å². The fourth-order valence-corrected chi connectivity index (χ4v) is 2.00. The number of rotatable bonds is 1. The van der Waals surface area contributed by atoms with Crippen LogP contribution in [0.1, 0.15) is 40.0 Å². The molecule has 1 aliphatic carbocycles. The summed E-state index contributed by atoms with van der Waals surface area (Å²) in [6.07, 6.45) is 3.98. The Morgan fingerprint density at radius 1 is 1.27 bits per heavy atom. The fraction of sp³-hybridized carbons (Fsp3) is 1.00. The van der Waals surface area contributed by atoms with Crippen LogP contribution < -0.4 is 5.73 Å². The predicted molar refractivity (Wildman–Crippen MR) is 49.3 cm³/mol. The van der Waals surface area contributed by atoms with Crippen molar-refractivity contribution in [1.82, 2.24) is 0 Å². The summed E-state index contributed by atoms with van der Waals surface area (Å²) in [5.41, 5.74) is 6.01. The van der Waals surface area contributed by atoms with Crippen molar-refractivity contribution >= 4 is 0 Å². The maximum Gasteiger partial charge on any atom is 0.00672 e. The van der Waals surface area contributed by atoms with Crippen LogP contribution in [0.3, 0.4) is 0 Å². The van der Waals surface area contributed by atoms with Gasteiger partial charge in [-0.15, -0.1) is 0 Å². The quantitative estimate of drug-likeness (QED) is 0.618. The first kappa shape index (κ1) is 9.05. The maximum absolute atomic E-state index is 6.01. The van der Waals surface area contributed by atoms with E-state index in [1.165, 1.54) is 19.3 Å². The number of nitrogens with two attached hydrogens (primary N) is 1. The second-order valence-corrected chi connectivity index (χ2v) is 4.46. The Morgan fingerprint density at radius 3 is 2.36 bits per heavy atom. The van der Waals surface area contributed by atoms with Crippen molar-refractivity contribution in [3.8, 4) is 0 Å². The van der Waals surface area contributed by atoms with Gasteiger partial charge in [-0.3, -0.25) is 0 Å². The number of hydrogen-bond acceptors (Lipinski definition) is 1. The highest BCUT2D eigenvalue weighted by Crippen LogP contribution is 2.32. The van der Waals surface area contributed by atoms with E-state index in [1.54, 1.807) is 0 Å². The van der Waals surface area contributed by atoms with Crippen molar-refractivity contribution in [1.29, 1.82) is 0 Å². The van der Waals surface area contributed by atoms with Crippen molar-refractivity contribution in [2.24, 2.45) is 23.5 Å². The summed E-state index contributed by atoms with van der Waals surface area (Å²) in [5, 5.41) is 0. The fourth-order valence-electron chi connectivity index (χ4n) is 2.00. The van der Waals surface area contributed by atoms with Crippen LogP contribution in [-0.2, 0) is 0 Å². The Morgan fingerprint density at radius 2 is 1.91 bits per heavy atom. The van der Waals surface area contributed by atoms with Crippen molar-refractivity contribution in [3.05, 3.63) is 0 Å². The Kier molecular flexibility index (Phi) is 2.94. The molecule has 0 aromatic rings. The van der Waals surface area contributed by atoms with E-state index in [9.17, 15) is 0 Å². The van der Waals surface area contributed by atoms with Gasteiger partial charge in [0.25, 0.3) is 0 Å². The lowest BCUT2D eigenvalue weighted by molar-refractivity contribution is 0.206. The van der Waals surface area contributed by atoms with E-state index in [2.05, 4.69) is 20.8 Å². The van der Waals surface area contributed by atoms with Gasteiger partial charge in [-0.05, 0) is 37.0 Å². The van der Waals surface area contributed by atoms with E-state index in [-0.39, 0.29) is 0 Å². The lowest BCUT2D eigenvalue weighted by Gasteiger charge is -2.33. The molecule has 0 aromatic carbocycles. The molecule has 1 saturated carbocycles. The summed E-state index contributed by atoms with van der Waals surface area (Å²) in [7, 11) is 0. The zero-order valence-electron chi connectivity index (χ0n) is 8.01. The maximum atomic E-state index is 6.01. The molecular formula is C10H21N. The van der Waals surface area contributed by atoms with E-state index < -0.39 is 0 Å². The highest BCUT2D eigenvalue weighted by atomic mass is 14.7. The number of hydrogen-bond donors (Lipinski definition) is 1. The lowest BCUT2D eigenvalue weighted by Crippen LogP contribution is -2.36. The van der Waals surface area contributed by atoms with Crippen molar-refractivity contribution in [2.45, 2.75) is 46.1 Å². The van der Waals surface area contributed by atoms with Gasteiger partial charge < -0.3 is 5.73 Å². The summed E-state index contributed by atoms with van der Waals surface area (Å²) >= 11 is 0. The van der Waals surface area contributed by atoms with Gasteiger partial charge in [0.15, 0.2) is 0 Å². The van der Waals surface area contributed by atoms with Crippen LogP contribution in [0.25, 0.3) is 0 Å². The van der Waals surface area contributed by atoms with Gasteiger partial charge in [0.2, 0.25) is 0 Å². The second-order valence-electron chi connectivity index (χ2n) is 4.46. The molecule has 0 aliphatic heterocycles. The van der Waals surface area contributed by atoms with Crippen LogP contribution in [0.2, 0.25) is 0 Å². The van der Waals surface area contributed by atoms with Crippen LogP contribution in [0.15, 0.2) is 0 Å². The van der Waals surface area contributed by atoms with Gasteiger partial charge in [0, 0.05) is 6.04 Å². The zero-order chi connectivity index (χ0) is 8.43. The first-order chi connectivity index (χ1) is 5.11. The molecule has 1 nitrogen and oxygen atoms in total. The molecular weight excluding hydrogens is 134 g/mol. The predicted octanol–water partition coefficient (Wildman–Crippen LogP) is 2.41. The largest absolute Gasteiger partial charge is 0.327 e. The monoisotopic (exact) mass is 155 g/mol. The molecule has 11 heavy (non-hydrogen) atoms. The van der Waals surface area contributed by atoms with Crippen molar-refractivity contribution in [3.63, 3.8) is 0 Å². The molecule has 1 fully saturated rings. The van der Waals surface area contributed by atoms with E-state index in [1.807, 2.05) is 0 Å². The summed E-state index contributed by atoms with van der Waals surface area (Å²) in [5.74, 6) is 2.47. The molecule has 2 N–H and O–H groups in total.